The minimum absolute atomic E-state index is 0.00815. The highest BCUT2D eigenvalue weighted by Crippen LogP contribution is 2.36. The first-order valence-electron chi connectivity index (χ1n) is 3.73. The number of rotatable bonds is 3. The van der Waals surface area contributed by atoms with Crippen LogP contribution in [-0.4, -0.2) is 20.1 Å². The average molecular weight is 214 g/mol. The predicted octanol–water partition coefficient (Wildman–Crippen LogP) is 0.701. The van der Waals surface area contributed by atoms with Gasteiger partial charge in [-0.2, -0.15) is 0 Å². The van der Waals surface area contributed by atoms with Crippen LogP contribution >= 0.6 is 0 Å². The molecule has 0 aromatic heterocycles. The second-order valence-electron chi connectivity index (χ2n) is 2.66. The summed E-state index contributed by atoms with van der Waals surface area (Å²) in [5.41, 5.74) is -1.60. The summed E-state index contributed by atoms with van der Waals surface area (Å²) in [6, 6.07) is 1.75. The molecule has 0 saturated heterocycles. The third kappa shape index (κ3) is 1.99. The summed E-state index contributed by atoms with van der Waals surface area (Å²) in [7, 11) is 0. The minimum atomic E-state index is -1.01. The molecule has 0 radical (unpaired) electrons. The number of benzene rings is 1. The summed E-state index contributed by atoms with van der Waals surface area (Å²) >= 11 is 0. The van der Waals surface area contributed by atoms with E-state index >= 15 is 0 Å². The Morgan fingerprint density at radius 3 is 1.80 bits per heavy atom. The first-order chi connectivity index (χ1) is 6.97. The van der Waals surface area contributed by atoms with E-state index in [0.717, 1.165) is 12.1 Å². The molecule has 2 N–H and O–H groups in total. The number of hydrogen-bond donors (Lipinski definition) is 2. The monoisotopic (exact) mass is 214 g/mol. The molecule has 8 heteroatoms. The van der Waals surface area contributed by atoms with Crippen LogP contribution in [0.4, 0.5) is 11.4 Å². The fraction of sp³-hybridized carbons (Fsp3) is 0.143. The number of aliphatic hydroxyl groups excluding tert-OH is 1. The Morgan fingerprint density at radius 1 is 1.13 bits per heavy atom. The third-order valence-corrected chi connectivity index (χ3v) is 1.71. The maximum absolute atomic E-state index is 10.4. The highest BCUT2D eigenvalue weighted by Gasteiger charge is 2.25. The van der Waals surface area contributed by atoms with E-state index in [1.54, 1.807) is 0 Å². The van der Waals surface area contributed by atoms with E-state index < -0.39 is 33.6 Å². The summed E-state index contributed by atoms with van der Waals surface area (Å²) in [5, 5.41) is 38.7. The molecule has 80 valence electrons. The maximum Gasteiger partial charge on any atom is 0.318 e. The number of phenols is 1. The van der Waals surface area contributed by atoms with Crippen molar-refractivity contribution in [1.82, 2.24) is 0 Å². The molecule has 0 saturated carbocycles. The molecule has 1 aromatic rings. The van der Waals surface area contributed by atoms with Gasteiger partial charge in [-0.05, 0) is 5.56 Å². The van der Waals surface area contributed by atoms with Crippen LogP contribution in [0.25, 0.3) is 0 Å². The molecule has 0 aliphatic carbocycles. The zero-order chi connectivity index (χ0) is 11.6. The first-order valence-corrected chi connectivity index (χ1v) is 3.73. The molecule has 0 heterocycles. The highest BCUT2D eigenvalue weighted by molar-refractivity contribution is 5.60. The third-order valence-electron chi connectivity index (χ3n) is 1.71. The van der Waals surface area contributed by atoms with E-state index in [2.05, 4.69) is 0 Å². The van der Waals surface area contributed by atoms with E-state index in [-0.39, 0.29) is 5.56 Å². The molecule has 1 rings (SSSR count). The standard InChI is InChI=1S/C7H6N2O6/c10-3-4-1-5(8(12)13)7(11)6(2-4)9(14)15/h1-2,10-11H,3H2. The second-order valence-corrected chi connectivity index (χ2v) is 2.66. The van der Waals surface area contributed by atoms with Crippen LogP contribution in [0.15, 0.2) is 12.1 Å². The van der Waals surface area contributed by atoms with Crippen molar-refractivity contribution in [3.05, 3.63) is 37.9 Å². The van der Waals surface area contributed by atoms with Crippen LogP contribution < -0.4 is 0 Å². The zero-order valence-corrected chi connectivity index (χ0v) is 7.28. The Kier molecular flexibility index (Phi) is 2.81. The molecule has 0 amide bonds. The van der Waals surface area contributed by atoms with E-state index in [0.29, 0.717) is 0 Å². The van der Waals surface area contributed by atoms with Crippen molar-refractivity contribution in [2.75, 3.05) is 0 Å². The second kappa shape index (κ2) is 3.88. The molecule has 0 atom stereocenters. The molecule has 0 spiro atoms. The summed E-state index contributed by atoms with van der Waals surface area (Å²) in [6.45, 7) is -0.581. The maximum atomic E-state index is 10.4. The fourth-order valence-corrected chi connectivity index (χ4v) is 1.03. The van der Waals surface area contributed by atoms with Crippen LogP contribution in [0, 0.1) is 20.2 Å². The zero-order valence-electron chi connectivity index (χ0n) is 7.28. The SMILES string of the molecule is O=[N+]([O-])c1cc(CO)cc([N+](=O)[O-])c1O. The van der Waals surface area contributed by atoms with Crippen molar-refractivity contribution in [2.45, 2.75) is 6.61 Å². The van der Waals surface area contributed by atoms with Crippen molar-refractivity contribution in [1.29, 1.82) is 0 Å². The van der Waals surface area contributed by atoms with Gasteiger partial charge in [0.15, 0.2) is 0 Å². The number of aliphatic hydroxyl groups is 1. The quantitative estimate of drug-likeness (QED) is 0.563. The van der Waals surface area contributed by atoms with Crippen molar-refractivity contribution in [3.63, 3.8) is 0 Å². The summed E-state index contributed by atoms with van der Waals surface area (Å²) in [6.07, 6.45) is 0. The Hall–Kier alpha value is -2.22. The minimum Gasteiger partial charge on any atom is -0.497 e. The van der Waals surface area contributed by atoms with Gasteiger partial charge in [0.25, 0.3) is 5.75 Å². The summed E-state index contributed by atoms with van der Waals surface area (Å²) in [5.74, 6) is -1.01. The lowest BCUT2D eigenvalue weighted by atomic mass is 10.1. The van der Waals surface area contributed by atoms with E-state index in [1.807, 2.05) is 0 Å². The van der Waals surface area contributed by atoms with Gasteiger partial charge in [0.1, 0.15) is 0 Å². The molecular weight excluding hydrogens is 208 g/mol. The fourth-order valence-electron chi connectivity index (χ4n) is 1.03. The Bertz CT molecular complexity index is 394. The van der Waals surface area contributed by atoms with Gasteiger partial charge >= 0.3 is 11.4 Å². The van der Waals surface area contributed by atoms with Crippen LogP contribution in [0.1, 0.15) is 5.56 Å². The largest absolute Gasteiger partial charge is 0.497 e. The van der Waals surface area contributed by atoms with Crippen molar-refractivity contribution >= 4 is 11.4 Å². The molecular formula is C7H6N2O6. The lowest BCUT2D eigenvalue weighted by molar-refractivity contribution is -0.396. The number of phenolic OH excluding ortho intramolecular Hbond substituents is 1. The van der Waals surface area contributed by atoms with Crippen molar-refractivity contribution in [3.8, 4) is 5.75 Å². The molecule has 1 aromatic carbocycles. The van der Waals surface area contributed by atoms with Crippen molar-refractivity contribution in [2.24, 2.45) is 0 Å². The predicted molar refractivity (Wildman–Crippen MR) is 47.3 cm³/mol. The van der Waals surface area contributed by atoms with Crippen LogP contribution in [0.2, 0.25) is 0 Å². The lowest BCUT2D eigenvalue weighted by Gasteiger charge is -2.00. The molecule has 0 aliphatic heterocycles. The number of nitrogens with zero attached hydrogens (tertiary/aromatic N) is 2. The number of nitro groups is 2. The van der Waals surface area contributed by atoms with Crippen LogP contribution in [0.3, 0.4) is 0 Å². The van der Waals surface area contributed by atoms with Crippen LogP contribution in [-0.2, 0) is 6.61 Å². The highest BCUT2D eigenvalue weighted by atomic mass is 16.6. The lowest BCUT2D eigenvalue weighted by Crippen LogP contribution is -1.96. The Labute approximate surface area is 82.7 Å². The van der Waals surface area contributed by atoms with Gasteiger partial charge in [-0.1, -0.05) is 0 Å². The van der Waals surface area contributed by atoms with Gasteiger partial charge in [0.2, 0.25) is 0 Å². The van der Waals surface area contributed by atoms with Gasteiger partial charge in [-0.3, -0.25) is 20.2 Å². The van der Waals surface area contributed by atoms with E-state index in [4.69, 9.17) is 5.11 Å². The molecule has 0 unspecified atom stereocenters. The summed E-state index contributed by atoms with van der Waals surface area (Å²) in [4.78, 5) is 18.9. The number of aromatic hydroxyl groups is 1. The van der Waals surface area contributed by atoms with Gasteiger partial charge in [-0.25, -0.2) is 0 Å². The number of nitro benzene ring substituents is 2. The van der Waals surface area contributed by atoms with Gasteiger partial charge < -0.3 is 10.2 Å². The Morgan fingerprint density at radius 2 is 1.53 bits per heavy atom. The summed E-state index contributed by atoms with van der Waals surface area (Å²) < 4.78 is 0. The number of hydrogen-bond acceptors (Lipinski definition) is 6. The van der Waals surface area contributed by atoms with Crippen LogP contribution in [0.5, 0.6) is 5.75 Å². The average Bonchev–Trinajstić information content (AvgIpc) is 2.17. The first kappa shape index (κ1) is 10.9. The Balaban J connectivity index is 3.47. The smallest absolute Gasteiger partial charge is 0.318 e. The normalized spacial score (nSPS) is 9.93. The van der Waals surface area contributed by atoms with Crippen molar-refractivity contribution < 1.29 is 20.1 Å². The van der Waals surface area contributed by atoms with Gasteiger partial charge in [-0.15, -0.1) is 0 Å². The van der Waals surface area contributed by atoms with E-state index in [1.165, 1.54) is 0 Å². The topological polar surface area (TPSA) is 127 Å². The molecule has 0 aliphatic rings. The molecule has 0 bridgehead atoms. The molecule has 0 fully saturated rings. The van der Waals surface area contributed by atoms with E-state index in [9.17, 15) is 25.3 Å². The van der Waals surface area contributed by atoms with Gasteiger partial charge in [0, 0.05) is 12.1 Å². The molecule has 15 heavy (non-hydrogen) atoms. The van der Waals surface area contributed by atoms with Gasteiger partial charge in [0.05, 0.1) is 16.5 Å². The molecule has 8 nitrogen and oxygen atoms in total.